The SMILES string of the molecule is COC(CNC(=O)COc1ccc(Cl)cc1Cl)CC(=O)O. The maximum atomic E-state index is 11.6. The number of amides is 1. The molecular weight excluding hydrogens is 321 g/mol. The first-order chi connectivity index (χ1) is 9.92. The molecule has 0 saturated heterocycles. The highest BCUT2D eigenvalue weighted by Crippen LogP contribution is 2.27. The molecule has 0 aliphatic heterocycles. The third-order valence-electron chi connectivity index (χ3n) is 2.52. The summed E-state index contributed by atoms with van der Waals surface area (Å²) >= 11 is 11.6. The Kier molecular flexibility index (Phi) is 7.28. The van der Waals surface area contributed by atoms with Crippen molar-refractivity contribution in [2.24, 2.45) is 0 Å². The van der Waals surface area contributed by atoms with Crippen LogP contribution in [0.4, 0.5) is 0 Å². The fourth-order valence-corrected chi connectivity index (χ4v) is 1.91. The topological polar surface area (TPSA) is 84.9 Å². The number of carboxylic acid groups (broad SMARTS) is 1. The molecule has 1 aromatic rings. The van der Waals surface area contributed by atoms with E-state index in [1.54, 1.807) is 12.1 Å². The van der Waals surface area contributed by atoms with E-state index in [0.717, 1.165) is 0 Å². The Hall–Kier alpha value is -1.50. The van der Waals surface area contributed by atoms with Crippen molar-refractivity contribution in [2.45, 2.75) is 12.5 Å². The van der Waals surface area contributed by atoms with Crippen molar-refractivity contribution in [3.8, 4) is 5.75 Å². The number of methoxy groups -OCH3 is 1. The monoisotopic (exact) mass is 335 g/mol. The number of benzene rings is 1. The highest BCUT2D eigenvalue weighted by Gasteiger charge is 2.14. The summed E-state index contributed by atoms with van der Waals surface area (Å²) in [6.07, 6.45) is -0.786. The summed E-state index contributed by atoms with van der Waals surface area (Å²) in [4.78, 5) is 22.1. The first-order valence-corrected chi connectivity index (χ1v) is 6.77. The van der Waals surface area contributed by atoms with Crippen LogP contribution in [-0.4, -0.2) is 43.3 Å². The zero-order valence-electron chi connectivity index (χ0n) is 11.3. The van der Waals surface area contributed by atoms with Gasteiger partial charge in [-0.25, -0.2) is 0 Å². The summed E-state index contributed by atoms with van der Waals surface area (Å²) in [5.74, 6) is -1.07. The van der Waals surface area contributed by atoms with Gasteiger partial charge in [-0.15, -0.1) is 0 Å². The molecule has 0 spiro atoms. The molecule has 0 heterocycles. The minimum atomic E-state index is -1.000. The van der Waals surface area contributed by atoms with E-state index in [1.165, 1.54) is 13.2 Å². The Morgan fingerprint density at radius 3 is 2.67 bits per heavy atom. The summed E-state index contributed by atoms with van der Waals surface area (Å²) in [5.41, 5.74) is 0. The summed E-state index contributed by atoms with van der Waals surface area (Å²) in [7, 11) is 1.38. The molecule has 1 atom stereocenters. The van der Waals surface area contributed by atoms with Crippen molar-refractivity contribution in [1.29, 1.82) is 0 Å². The Bertz CT molecular complexity index is 509. The minimum Gasteiger partial charge on any atom is -0.482 e. The lowest BCUT2D eigenvalue weighted by Crippen LogP contribution is -2.37. The molecule has 0 saturated carbocycles. The van der Waals surface area contributed by atoms with Crippen LogP contribution in [0.25, 0.3) is 0 Å². The third kappa shape index (κ3) is 6.66. The lowest BCUT2D eigenvalue weighted by Gasteiger charge is -2.14. The predicted molar refractivity (Wildman–Crippen MR) is 78.0 cm³/mol. The zero-order chi connectivity index (χ0) is 15.8. The van der Waals surface area contributed by atoms with Gasteiger partial charge < -0.3 is 19.9 Å². The summed E-state index contributed by atoms with van der Waals surface area (Å²) < 4.78 is 10.2. The average molecular weight is 336 g/mol. The van der Waals surface area contributed by atoms with E-state index in [-0.39, 0.29) is 19.6 Å². The second kappa shape index (κ2) is 8.71. The van der Waals surface area contributed by atoms with E-state index in [0.29, 0.717) is 15.8 Å². The van der Waals surface area contributed by atoms with Gasteiger partial charge in [0.15, 0.2) is 6.61 Å². The number of aliphatic carboxylic acids is 1. The lowest BCUT2D eigenvalue weighted by atomic mass is 10.2. The van der Waals surface area contributed by atoms with E-state index >= 15 is 0 Å². The number of hydrogen-bond donors (Lipinski definition) is 2. The van der Waals surface area contributed by atoms with Crippen LogP contribution in [0.15, 0.2) is 18.2 Å². The quantitative estimate of drug-likeness (QED) is 0.758. The number of rotatable bonds is 8. The van der Waals surface area contributed by atoms with Gasteiger partial charge in [-0.05, 0) is 18.2 Å². The van der Waals surface area contributed by atoms with Gasteiger partial charge >= 0.3 is 5.97 Å². The minimum absolute atomic E-state index is 0.0827. The number of carbonyl (C=O) groups is 2. The maximum absolute atomic E-state index is 11.6. The predicted octanol–water partition coefficient (Wildman–Crippen LogP) is 1.98. The smallest absolute Gasteiger partial charge is 0.306 e. The lowest BCUT2D eigenvalue weighted by molar-refractivity contribution is -0.140. The van der Waals surface area contributed by atoms with Gasteiger partial charge in [0.25, 0.3) is 5.91 Å². The van der Waals surface area contributed by atoms with E-state index in [4.69, 9.17) is 37.8 Å². The molecule has 1 amide bonds. The van der Waals surface area contributed by atoms with Gasteiger partial charge in [0.1, 0.15) is 5.75 Å². The van der Waals surface area contributed by atoms with Gasteiger partial charge in [0, 0.05) is 18.7 Å². The first-order valence-electron chi connectivity index (χ1n) is 6.01. The molecule has 0 aromatic heterocycles. The van der Waals surface area contributed by atoms with Crippen LogP contribution >= 0.6 is 23.2 Å². The van der Waals surface area contributed by atoms with Crippen LogP contribution in [0.2, 0.25) is 10.0 Å². The second-order valence-electron chi connectivity index (χ2n) is 4.12. The molecule has 1 unspecified atom stereocenters. The Balaban J connectivity index is 2.38. The molecular formula is C13H15Cl2NO5. The standard InChI is InChI=1S/C13H15Cl2NO5/c1-20-9(5-13(18)19)6-16-12(17)7-21-11-3-2-8(14)4-10(11)15/h2-4,9H,5-7H2,1H3,(H,16,17)(H,18,19). The number of nitrogens with one attached hydrogen (secondary N) is 1. The number of carbonyl (C=O) groups excluding carboxylic acids is 1. The summed E-state index contributed by atoms with van der Waals surface area (Å²) in [5, 5.41) is 11.9. The van der Waals surface area contributed by atoms with Crippen LogP contribution in [0.1, 0.15) is 6.42 Å². The van der Waals surface area contributed by atoms with Crippen molar-refractivity contribution >= 4 is 35.1 Å². The first kappa shape index (κ1) is 17.6. The zero-order valence-corrected chi connectivity index (χ0v) is 12.8. The number of halogens is 2. The number of hydrogen-bond acceptors (Lipinski definition) is 4. The van der Waals surface area contributed by atoms with Crippen LogP contribution in [-0.2, 0) is 14.3 Å². The second-order valence-corrected chi connectivity index (χ2v) is 4.97. The Morgan fingerprint density at radius 2 is 2.10 bits per heavy atom. The van der Waals surface area contributed by atoms with Crippen LogP contribution < -0.4 is 10.1 Å². The van der Waals surface area contributed by atoms with Crippen molar-refractivity contribution in [2.75, 3.05) is 20.3 Å². The molecule has 21 heavy (non-hydrogen) atoms. The fraction of sp³-hybridized carbons (Fsp3) is 0.385. The van der Waals surface area contributed by atoms with Crippen molar-refractivity contribution in [3.05, 3.63) is 28.2 Å². The molecule has 0 bridgehead atoms. The molecule has 0 aliphatic rings. The maximum Gasteiger partial charge on any atom is 0.306 e. The highest BCUT2D eigenvalue weighted by atomic mass is 35.5. The Labute approximate surface area is 131 Å². The molecule has 1 rings (SSSR count). The largest absolute Gasteiger partial charge is 0.482 e. The van der Waals surface area contributed by atoms with Crippen molar-refractivity contribution < 1.29 is 24.2 Å². The van der Waals surface area contributed by atoms with Gasteiger partial charge in [-0.3, -0.25) is 9.59 Å². The van der Waals surface area contributed by atoms with Crippen molar-refractivity contribution in [1.82, 2.24) is 5.32 Å². The van der Waals surface area contributed by atoms with E-state index in [9.17, 15) is 9.59 Å². The van der Waals surface area contributed by atoms with Crippen LogP contribution in [0.3, 0.4) is 0 Å². The highest BCUT2D eigenvalue weighted by molar-refractivity contribution is 6.35. The molecule has 0 fully saturated rings. The van der Waals surface area contributed by atoms with E-state index in [1.807, 2.05) is 0 Å². The van der Waals surface area contributed by atoms with Gasteiger partial charge in [0.05, 0.1) is 17.5 Å². The normalized spacial score (nSPS) is 11.8. The van der Waals surface area contributed by atoms with E-state index < -0.39 is 18.0 Å². The van der Waals surface area contributed by atoms with Gasteiger partial charge in [0.2, 0.25) is 0 Å². The third-order valence-corrected chi connectivity index (χ3v) is 3.05. The Morgan fingerprint density at radius 1 is 1.38 bits per heavy atom. The molecule has 8 heteroatoms. The number of carboxylic acids is 1. The van der Waals surface area contributed by atoms with Crippen molar-refractivity contribution in [3.63, 3.8) is 0 Å². The number of ether oxygens (including phenoxy) is 2. The van der Waals surface area contributed by atoms with Crippen LogP contribution in [0, 0.1) is 0 Å². The summed E-state index contributed by atoms with van der Waals surface area (Å²) in [6.45, 7) is -0.162. The van der Waals surface area contributed by atoms with E-state index in [2.05, 4.69) is 5.32 Å². The molecule has 0 radical (unpaired) electrons. The summed E-state index contributed by atoms with van der Waals surface area (Å²) in [6, 6.07) is 4.65. The average Bonchev–Trinajstić information content (AvgIpc) is 2.42. The van der Waals surface area contributed by atoms with Gasteiger partial charge in [-0.2, -0.15) is 0 Å². The molecule has 2 N–H and O–H groups in total. The molecule has 0 aliphatic carbocycles. The molecule has 1 aromatic carbocycles. The van der Waals surface area contributed by atoms with Gasteiger partial charge in [-0.1, -0.05) is 23.2 Å². The fourth-order valence-electron chi connectivity index (χ4n) is 1.45. The molecule has 116 valence electrons. The van der Waals surface area contributed by atoms with Crippen LogP contribution in [0.5, 0.6) is 5.75 Å². The molecule has 6 nitrogen and oxygen atoms in total.